The average Bonchev–Trinajstić information content (AvgIpc) is 2.72. The van der Waals surface area contributed by atoms with E-state index in [9.17, 15) is 14.9 Å². The van der Waals surface area contributed by atoms with E-state index in [1.54, 1.807) is 18.2 Å². The number of carbonyl (C=O) groups excluding carboxylic acids is 1. The van der Waals surface area contributed by atoms with Crippen LogP contribution in [0.25, 0.3) is 0 Å². The van der Waals surface area contributed by atoms with Gasteiger partial charge in [-0.05, 0) is 37.7 Å². The summed E-state index contributed by atoms with van der Waals surface area (Å²) in [6.07, 6.45) is 8.29. The van der Waals surface area contributed by atoms with Crippen LogP contribution < -0.4 is 4.90 Å². The average molecular weight is 373 g/mol. The summed E-state index contributed by atoms with van der Waals surface area (Å²) in [4.78, 5) is 27.8. The van der Waals surface area contributed by atoms with E-state index in [2.05, 4.69) is 6.92 Å². The topological polar surface area (TPSA) is 66.7 Å². The predicted molar refractivity (Wildman–Crippen MR) is 107 cm³/mol. The maximum atomic E-state index is 12.9. The fraction of sp³-hybridized carbons (Fsp3) is 0.667. The van der Waals surface area contributed by atoms with Crippen LogP contribution in [0.4, 0.5) is 11.4 Å². The maximum Gasteiger partial charge on any atom is 0.292 e. The van der Waals surface area contributed by atoms with Crippen molar-refractivity contribution < 1.29 is 9.72 Å². The minimum Gasteiger partial charge on any atom is -0.362 e. The molecule has 1 aromatic rings. The highest BCUT2D eigenvalue weighted by Crippen LogP contribution is 2.33. The summed E-state index contributed by atoms with van der Waals surface area (Å²) in [6, 6.07) is 6.87. The van der Waals surface area contributed by atoms with Gasteiger partial charge in [-0.2, -0.15) is 0 Å². The van der Waals surface area contributed by atoms with Gasteiger partial charge < -0.3 is 9.80 Å². The van der Waals surface area contributed by atoms with Crippen LogP contribution in [0.5, 0.6) is 0 Å². The van der Waals surface area contributed by atoms with Crippen LogP contribution in [0, 0.1) is 22.0 Å². The third kappa shape index (κ3) is 4.79. The van der Waals surface area contributed by atoms with Crippen molar-refractivity contribution in [1.29, 1.82) is 0 Å². The summed E-state index contributed by atoms with van der Waals surface area (Å²) in [5.74, 6) is 1.29. The van der Waals surface area contributed by atoms with E-state index in [4.69, 9.17) is 0 Å². The van der Waals surface area contributed by atoms with Crippen LogP contribution in [0.2, 0.25) is 0 Å². The molecule has 0 N–H and O–H groups in total. The van der Waals surface area contributed by atoms with Gasteiger partial charge in [-0.25, -0.2) is 0 Å². The summed E-state index contributed by atoms with van der Waals surface area (Å²) < 4.78 is 0. The Labute approximate surface area is 161 Å². The maximum absolute atomic E-state index is 12.9. The van der Waals surface area contributed by atoms with Gasteiger partial charge in [0.05, 0.1) is 4.92 Å². The van der Waals surface area contributed by atoms with Crippen molar-refractivity contribution in [3.05, 3.63) is 34.4 Å². The second-order valence-corrected chi connectivity index (χ2v) is 7.92. The zero-order valence-electron chi connectivity index (χ0n) is 16.3. The first kappa shape index (κ1) is 19.6. The molecule has 0 unspecified atom stereocenters. The molecule has 0 radical (unpaired) electrons. The minimum atomic E-state index is -0.330. The number of anilines is 1. The summed E-state index contributed by atoms with van der Waals surface area (Å²) in [7, 11) is 0. The Morgan fingerprint density at radius 3 is 2.41 bits per heavy atom. The van der Waals surface area contributed by atoms with Crippen LogP contribution in [0.3, 0.4) is 0 Å². The molecule has 2 fully saturated rings. The molecule has 27 heavy (non-hydrogen) atoms. The highest BCUT2D eigenvalue weighted by Gasteiger charge is 2.31. The lowest BCUT2D eigenvalue weighted by molar-refractivity contribution is -0.384. The Morgan fingerprint density at radius 1 is 1.11 bits per heavy atom. The van der Waals surface area contributed by atoms with Gasteiger partial charge in [0.1, 0.15) is 5.69 Å². The number of nitro groups is 1. The SMILES string of the molecule is CCCCC1CCC(C(=O)N2CCN(c3ccccc3[N+](=O)[O-])CC2)CC1. The third-order valence-electron chi connectivity index (χ3n) is 6.17. The summed E-state index contributed by atoms with van der Waals surface area (Å²) >= 11 is 0. The zero-order valence-corrected chi connectivity index (χ0v) is 16.3. The standard InChI is InChI=1S/C21H31N3O3/c1-2-3-6-17-9-11-18(12-10-17)21(25)23-15-13-22(14-16-23)19-7-4-5-8-20(19)24(26)27/h4-5,7-8,17-18H,2-3,6,9-16H2,1H3. The molecule has 0 aromatic heterocycles. The Hall–Kier alpha value is -2.11. The van der Waals surface area contributed by atoms with Gasteiger partial charge in [0, 0.05) is 38.2 Å². The molecule has 2 aliphatic rings. The van der Waals surface area contributed by atoms with E-state index >= 15 is 0 Å². The number of benzene rings is 1. The Bertz CT molecular complexity index is 648. The number of piperazine rings is 1. The van der Waals surface area contributed by atoms with Gasteiger partial charge in [0.2, 0.25) is 5.91 Å². The van der Waals surface area contributed by atoms with Gasteiger partial charge in [-0.1, -0.05) is 38.3 Å². The summed E-state index contributed by atoms with van der Waals surface area (Å²) in [5, 5.41) is 11.3. The van der Waals surface area contributed by atoms with Gasteiger partial charge in [-0.15, -0.1) is 0 Å². The van der Waals surface area contributed by atoms with Crippen molar-refractivity contribution >= 4 is 17.3 Å². The number of amides is 1. The lowest BCUT2D eigenvalue weighted by Crippen LogP contribution is -2.50. The highest BCUT2D eigenvalue weighted by molar-refractivity contribution is 5.79. The smallest absolute Gasteiger partial charge is 0.292 e. The quantitative estimate of drug-likeness (QED) is 0.552. The van der Waals surface area contributed by atoms with E-state index < -0.39 is 0 Å². The number of nitro benzene ring substituents is 1. The van der Waals surface area contributed by atoms with Crippen molar-refractivity contribution in [2.75, 3.05) is 31.1 Å². The molecule has 1 aliphatic carbocycles. The minimum absolute atomic E-state index is 0.141. The molecule has 0 atom stereocenters. The van der Waals surface area contributed by atoms with Crippen LogP contribution in [-0.2, 0) is 4.79 Å². The molecule has 148 valence electrons. The second kappa shape index (κ2) is 9.20. The van der Waals surface area contributed by atoms with E-state index in [0.717, 1.165) is 18.8 Å². The van der Waals surface area contributed by atoms with Crippen LogP contribution in [0.15, 0.2) is 24.3 Å². The molecule has 1 saturated carbocycles. The lowest BCUT2D eigenvalue weighted by atomic mass is 9.79. The van der Waals surface area contributed by atoms with Crippen molar-refractivity contribution in [2.24, 2.45) is 11.8 Å². The molecule has 1 aliphatic heterocycles. The molecule has 0 bridgehead atoms. The first-order chi connectivity index (χ1) is 13.1. The number of rotatable bonds is 6. The molecule has 1 amide bonds. The molecular weight excluding hydrogens is 342 g/mol. The number of hydrogen-bond acceptors (Lipinski definition) is 4. The third-order valence-corrected chi connectivity index (χ3v) is 6.17. The highest BCUT2D eigenvalue weighted by atomic mass is 16.6. The number of hydrogen-bond donors (Lipinski definition) is 0. The summed E-state index contributed by atoms with van der Waals surface area (Å²) in [5.41, 5.74) is 0.800. The molecule has 3 rings (SSSR count). The lowest BCUT2D eigenvalue weighted by Gasteiger charge is -2.38. The number of nitrogens with zero attached hydrogens (tertiary/aromatic N) is 3. The number of carbonyl (C=O) groups is 1. The van der Waals surface area contributed by atoms with Gasteiger partial charge >= 0.3 is 0 Å². The second-order valence-electron chi connectivity index (χ2n) is 7.92. The van der Waals surface area contributed by atoms with Crippen LogP contribution in [-0.4, -0.2) is 41.9 Å². The molecule has 1 saturated heterocycles. The largest absolute Gasteiger partial charge is 0.362 e. The Morgan fingerprint density at radius 2 is 1.78 bits per heavy atom. The fourth-order valence-electron chi connectivity index (χ4n) is 4.50. The Balaban J connectivity index is 1.51. The normalized spacial score (nSPS) is 23.3. The Kier molecular flexibility index (Phi) is 6.69. The van der Waals surface area contributed by atoms with Crippen LogP contribution >= 0.6 is 0 Å². The van der Waals surface area contributed by atoms with Crippen molar-refractivity contribution in [1.82, 2.24) is 4.90 Å². The first-order valence-electron chi connectivity index (χ1n) is 10.4. The molecule has 6 heteroatoms. The van der Waals surface area contributed by atoms with Crippen molar-refractivity contribution in [2.45, 2.75) is 51.9 Å². The van der Waals surface area contributed by atoms with E-state index in [0.29, 0.717) is 37.8 Å². The fourth-order valence-corrected chi connectivity index (χ4v) is 4.50. The van der Waals surface area contributed by atoms with Crippen LogP contribution in [0.1, 0.15) is 51.9 Å². The number of para-hydroxylation sites is 2. The van der Waals surface area contributed by atoms with E-state index in [1.807, 2.05) is 15.9 Å². The molecule has 0 spiro atoms. The van der Waals surface area contributed by atoms with Gasteiger partial charge in [0.25, 0.3) is 5.69 Å². The van der Waals surface area contributed by atoms with E-state index in [-0.39, 0.29) is 16.5 Å². The predicted octanol–water partition coefficient (Wildman–Crippen LogP) is 4.24. The molecule has 6 nitrogen and oxygen atoms in total. The van der Waals surface area contributed by atoms with E-state index in [1.165, 1.54) is 32.1 Å². The molecular formula is C21H31N3O3. The monoisotopic (exact) mass is 373 g/mol. The first-order valence-corrected chi connectivity index (χ1v) is 10.4. The molecule has 1 aromatic carbocycles. The zero-order chi connectivity index (χ0) is 19.2. The van der Waals surface area contributed by atoms with Crippen molar-refractivity contribution in [3.63, 3.8) is 0 Å². The number of unbranched alkanes of at least 4 members (excludes halogenated alkanes) is 1. The molecule has 1 heterocycles. The van der Waals surface area contributed by atoms with Gasteiger partial charge in [0.15, 0.2) is 0 Å². The van der Waals surface area contributed by atoms with Gasteiger partial charge in [-0.3, -0.25) is 14.9 Å². The summed E-state index contributed by atoms with van der Waals surface area (Å²) in [6.45, 7) is 4.85. The van der Waals surface area contributed by atoms with Crippen molar-refractivity contribution in [3.8, 4) is 0 Å².